The van der Waals surface area contributed by atoms with E-state index in [2.05, 4.69) is 47.2 Å². The quantitative estimate of drug-likeness (QED) is 0.803. The van der Waals surface area contributed by atoms with E-state index in [9.17, 15) is 4.39 Å². The smallest absolute Gasteiger partial charge is 0.148 e. The van der Waals surface area contributed by atoms with E-state index in [-0.39, 0.29) is 11.2 Å². The number of para-hydroxylation sites is 1. The summed E-state index contributed by atoms with van der Waals surface area (Å²) in [5, 5.41) is 3.12. The van der Waals surface area contributed by atoms with Crippen molar-refractivity contribution in [2.75, 3.05) is 17.6 Å². The molecule has 2 aromatic carbocycles. The van der Waals surface area contributed by atoms with Crippen LogP contribution in [0.2, 0.25) is 0 Å². The van der Waals surface area contributed by atoms with Gasteiger partial charge in [-0.05, 0) is 29.8 Å². The fourth-order valence-electron chi connectivity index (χ4n) is 2.04. The van der Waals surface area contributed by atoms with Gasteiger partial charge in [0.05, 0.1) is 11.4 Å². The molecule has 0 heterocycles. The Balaban J connectivity index is 2.15. The Bertz CT molecular complexity index is 574. The molecule has 3 N–H and O–H groups in total. The number of nitrogens with two attached hydrogens (primary N) is 1. The molecule has 0 unspecified atom stereocenters. The Hall–Kier alpha value is -1.55. The number of hydrogen-bond acceptors (Lipinski definition) is 2. The van der Waals surface area contributed by atoms with Crippen LogP contribution in [-0.4, -0.2) is 6.54 Å². The summed E-state index contributed by atoms with van der Waals surface area (Å²) in [5.41, 5.74) is 7.65. The molecule has 0 aliphatic carbocycles. The van der Waals surface area contributed by atoms with Crippen LogP contribution in [0.25, 0.3) is 0 Å². The molecule has 2 aromatic rings. The number of benzene rings is 2. The summed E-state index contributed by atoms with van der Waals surface area (Å²) in [5.74, 6) is -0.323. The molecule has 106 valence electrons. The molecule has 0 radical (unpaired) electrons. The van der Waals surface area contributed by atoms with E-state index in [0.29, 0.717) is 17.9 Å². The topological polar surface area (TPSA) is 38.0 Å². The highest BCUT2D eigenvalue weighted by Gasteiger charge is 2.21. The number of anilines is 2. The lowest BCUT2D eigenvalue weighted by molar-refractivity contribution is 0.553. The number of halogens is 2. The zero-order valence-electron chi connectivity index (χ0n) is 11.6. The maximum atomic E-state index is 13.7. The summed E-state index contributed by atoms with van der Waals surface area (Å²) >= 11 is 3.43. The van der Waals surface area contributed by atoms with Gasteiger partial charge in [-0.3, -0.25) is 0 Å². The first-order chi connectivity index (χ1) is 9.40. The minimum Gasteiger partial charge on any atom is -0.397 e. The van der Waals surface area contributed by atoms with Crippen molar-refractivity contribution in [1.29, 1.82) is 0 Å². The van der Waals surface area contributed by atoms with Crippen LogP contribution in [0.15, 0.2) is 46.9 Å². The van der Waals surface area contributed by atoms with Gasteiger partial charge in [0.1, 0.15) is 5.82 Å². The molecule has 0 amide bonds. The van der Waals surface area contributed by atoms with E-state index in [1.54, 1.807) is 12.1 Å². The minimum atomic E-state index is -0.323. The number of nitrogen functional groups attached to an aromatic ring is 1. The van der Waals surface area contributed by atoms with Crippen LogP contribution in [0.5, 0.6) is 0 Å². The number of rotatable bonds is 4. The van der Waals surface area contributed by atoms with E-state index in [1.165, 1.54) is 11.6 Å². The second kappa shape index (κ2) is 5.83. The number of nitrogens with one attached hydrogen (secondary N) is 1. The van der Waals surface area contributed by atoms with Gasteiger partial charge in [0.25, 0.3) is 0 Å². The SMILES string of the molecule is CC(C)(CNc1c(N)cccc1F)c1ccc(Br)cc1. The lowest BCUT2D eigenvalue weighted by Crippen LogP contribution is -2.28. The Morgan fingerprint density at radius 3 is 2.40 bits per heavy atom. The van der Waals surface area contributed by atoms with Crippen LogP contribution in [0.4, 0.5) is 15.8 Å². The van der Waals surface area contributed by atoms with Gasteiger partial charge in [-0.2, -0.15) is 0 Å². The summed E-state index contributed by atoms with van der Waals surface area (Å²) in [6.45, 7) is 4.82. The highest BCUT2D eigenvalue weighted by atomic mass is 79.9. The van der Waals surface area contributed by atoms with Crippen molar-refractivity contribution in [3.63, 3.8) is 0 Å². The summed E-state index contributed by atoms with van der Waals surface area (Å²) in [6.07, 6.45) is 0. The van der Waals surface area contributed by atoms with Gasteiger partial charge in [-0.1, -0.05) is 48.0 Å². The zero-order chi connectivity index (χ0) is 14.8. The lowest BCUT2D eigenvalue weighted by atomic mass is 9.84. The summed E-state index contributed by atoms with van der Waals surface area (Å²) < 4.78 is 14.8. The maximum Gasteiger partial charge on any atom is 0.148 e. The predicted octanol–water partition coefficient (Wildman–Crippen LogP) is 4.56. The maximum absolute atomic E-state index is 13.7. The molecule has 0 aliphatic heterocycles. The van der Waals surface area contributed by atoms with E-state index in [1.807, 2.05) is 12.1 Å². The Morgan fingerprint density at radius 1 is 1.15 bits per heavy atom. The molecule has 20 heavy (non-hydrogen) atoms. The van der Waals surface area contributed by atoms with E-state index < -0.39 is 0 Å². The zero-order valence-corrected chi connectivity index (χ0v) is 13.2. The van der Waals surface area contributed by atoms with Crippen molar-refractivity contribution in [2.24, 2.45) is 0 Å². The van der Waals surface area contributed by atoms with Gasteiger partial charge in [0.15, 0.2) is 0 Å². The third-order valence-electron chi connectivity index (χ3n) is 3.38. The van der Waals surface area contributed by atoms with Crippen molar-refractivity contribution < 1.29 is 4.39 Å². The summed E-state index contributed by atoms with van der Waals surface area (Å²) in [4.78, 5) is 0. The van der Waals surface area contributed by atoms with Crippen molar-refractivity contribution in [2.45, 2.75) is 19.3 Å². The first kappa shape index (κ1) is 14.9. The molecule has 0 spiro atoms. The third kappa shape index (κ3) is 3.31. The monoisotopic (exact) mass is 336 g/mol. The van der Waals surface area contributed by atoms with Crippen molar-refractivity contribution in [3.8, 4) is 0 Å². The van der Waals surface area contributed by atoms with Crippen LogP contribution in [0, 0.1) is 5.82 Å². The predicted molar refractivity (Wildman–Crippen MR) is 86.5 cm³/mol. The van der Waals surface area contributed by atoms with Crippen LogP contribution >= 0.6 is 15.9 Å². The Labute approximate surface area is 127 Å². The summed E-state index contributed by atoms with van der Waals surface area (Å²) in [7, 11) is 0. The van der Waals surface area contributed by atoms with Gasteiger partial charge >= 0.3 is 0 Å². The Kier molecular flexibility index (Phi) is 4.33. The fraction of sp³-hybridized carbons (Fsp3) is 0.250. The lowest BCUT2D eigenvalue weighted by Gasteiger charge is -2.27. The normalized spacial score (nSPS) is 11.4. The Morgan fingerprint density at radius 2 is 1.80 bits per heavy atom. The molecule has 2 rings (SSSR count). The molecular formula is C16H18BrFN2. The van der Waals surface area contributed by atoms with Gasteiger partial charge < -0.3 is 11.1 Å². The second-order valence-corrected chi connectivity index (χ2v) is 6.36. The molecule has 4 heteroatoms. The average molecular weight is 337 g/mol. The minimum absolute atomic E-state index is 0.130. The van der Waals surface area contributed by atoms with E-state index >= 15 is 0 Å². The van der Waals surface area contributed by atoms with Gasteiger partial charge in [-0.15, -0.1) is 0 Å². The van der Waals surface area contributed by atoms with Crippen molar-refractivity contribution >= 4 is 27.3 Å². The first-order valence-electron chi connectivity index (χ1n) is 6.44. The summed E-state index contributed by atoms with van der Waals surface area (Å²) in [6, 6.07) is 12.9. The van der Waals surface area contributed by atoms with Crippen LogP contribution in [-0.2, 0) is 5.41 Å². The molecule has 0 saturated carbocycles. The second-order valence-electron chi connectivity index (χ2n) is 5.45. The van der Waals surface area contributed by atoms with Crippen molar-refractivity contribution in [3.05, 3.63) is 58.3 Å². The molecule has 0 fully saturated rings. The van der Waals surface area contributed by atoms with Gasteiger partial charge in [0.2, 0.25) is 0 Å². The average Bonchev–Trinajstić information content (AvgIpc) is 2.38. The van der Waals surface area contributed by atoms with E-state index in [0.717, 1.165) is 4.47 Å². The molecule has 0 saturated heterocycles. The van der Waals surface area contributed by atoms with Crippen LogP contribution in [0.1, 0.15) is 19.4 Å². The molecule has 0 aromatic heterocycles. The third-order valence-corrected chi connectivity index (χ3v) is 3.91. The molecular weight excluding hydrogens is 319 g/mol. The van der Waals surface area contributed by atoms with Gasteiger partial charge in [0, 0.05) is 16.4 Å². The number of hydrogen-bond donors (Lipinski definition) is 2. The highest BCUT2D eigenvalue weighted by molar-refractivity contribution is 9.10. The van der Waals surface area contributed by atoms with Crippen molar-refractivity contribution in [1.82, 2.24) is 0 Å². The highest BCUT2D eigenvalue weighted by Crippen LogP contribution is 2.28. The standard InChI is InChI=1S/C16H18BrFN2/c1-16(2,11-6-8-12(17)9-7-11)10-20-15-13(18)4-3-5-14(15)19/h3-9,20H,10,19H2,1-2H3. The largest absolute Gasteiger partial charge is 0.397 e. The molecule has 0 aliphatic rings. The van der Waals surface area contributed by atoms with Gasteiger partial charge in [-0.25, -0.2) is 4.39 Å². The molecule has 2 nitrogen and oxygen atoms in total. The molecule has 0 atom stereocenters. The van der Waals surface area contributed by atoms with Crippen LogP contribution < -0.4 is 11.1 Å². The molecule has 0 bridgehead atoms. The van der Waals surface area contributed by atoms with E-state index in [4.69, 9.17) is 5.73 Å². The van der Waals surface area contributed by atoms with Crippen LogP contribution in [0.3, 0.4) is 0 Å². The first-order valence-corrected chi connectivity index (χ1v) is 7.23. The fourth-order valence-corrected chi connectivity index (χ4v) is 2.30.